The summed E-state index contributed by atoms with van der Waals surface area (Å²) in [6.45, 7) is 9.87. The molecule has 0 aliphatic carbocycles. The molecule has 24 heavy (non-hydrogen) atoms. The van der Waals surface area contributed by atoms with Crippen LogP contribution in [0.5, 0.6) is 0 Å². The van der Waals surface area contributed by atoms with Crippen molar-refractivity contribution in [1.82, 2.24) is 10.2 Å². The summed E-state index contributed by atoms with van der Waals surface area (Å²) in [6, 6.07) is 7.97. The average molecular weight is 376 g/mol. The maximum absolute atomic E-state index is 12.1. The second kappa shape index (κ2) is 10.2. The number of hydrogen-bond donors (Lipinski definition) is 2. The molecular weight excluding hydrogens is 345 g/mol. The van der Waals surface area contributed by atoms with Crippen molar-refractivity contribution >= 4 is 30.7 Å². The van der Waals surface area contributed by atoms with Crippen molar-refractivity contribution in [2.45, 2.75) is 52.7 Å². The predicted octanol–water partition coefficient (Wildman–Crippen LogP) is 3.12. The van der Waals surface area contributed by atoms with Crippen LogP contribution in [0.1, 0.15) is 44.7 Å². The maximum Gasteiger partial charge on any atom is 0.237 e. The number of rotatable bonds is 5. The van der Waals surface area contributed by atoms with E-state index in [1.807, 2.05) is 20.8 Å². The van der Waals surface area contributed by atoms with Gasteiger partial charge in [-0.3, -0.25) is 9.69 Å². The fraction of sp³-hybridized carbons (Fsp3) is 0.611. The largest absolute Gasteiger partial charge is 0.351 e. The highest BCUT2D eigenvalue weighted by atomic mass is 35.5. The molecule has 1 saturated heterocycles. The van der Waals surface area contributed by atoms with Crippen LogP contribution in [0.15, 0.2) is 24.3 Å². The van der Waals surface area contributed by atoms with E-state index in [4.69, 9.17) is 5.73 Å². The lowest BCUT2D eigenvalue weighted by Gasteiger charge is -2.25. The number of amides is 1. The van der Waals surface area contributed by atoms with E-state index in [2.05, 4.69) is 34.5 Å². The van der Waals surface area contributed by atoms with Crippen LogP contribution in [0.4, 0.5) is 0 Å². The molecular formula is C18H31Cl2N3O. The van der Waals surface area contributed by atoms with Crippen LogP contribution >= 0.6 is 24.8 Å². The quantitative estimate of drug-likeness (QED) is 0.830. The Labute approximate surface area is 158 Å². The van der Waals surface area contributed by atoms with Gasteiger partial charge >= 0.3 is 0 Å². The van der Waals surface area contributed by atoms with Crippen molar-refractivity contribution in [2.24, 2.45) is 11.1 Å². The molecule has 1 aliphatic rings. The lowest BCUT2D eigenvalue weighted by molar-refractivity contribution is -0.124. The number of carbonyl (C=O) groups excluding carboxylic acids is 1. The van der Waals surface area contributed by atoms with Gasteiger partial charge in [-0.05, 0) is 42.5 Å². The third-order valence-electron chi connectivity index (χ3n) is 4.28. The molecule has 1 fully saturated rings. The molecule has 2 rings (SSSR count). The Balaban J connectivity index is 0.00000264. The van der Waals surface area contributed by atoms with Gasteiger partial charge in [0.1, 0.15) is 0 Å². The fourth-order valence-electron chi connectivity index (χ4n) is 2.73. The highest BCUT2D eigenvalue weighted by Crippen LogP contribution is 2.17. The zero-order valence-corrected chi connectivity index (χ0v) is 16.5. The Morgan fingerprint density at radius 2 is 1.79 bits per heavy atom. The number of nitrogens with two attached hydrogens (primary N) is 1. The Kier molecular flexibility index (Phi) is 9.90. The van der Waals surface area contributed by atoms with Crippen molar-refractivity contribution in [3.63, 3.8) is 0 Å². The van der Waals surface area contributed by atoms with Crippen molar-refractivity contribution in [3.05, 3.63) is 35.4 Å². The van der Waals surface area contributed by atoms with Gasteiger partial charge in [-0.25, -0.2) is 0 Å². The van der Waals surface area contributed by atoms with Gasteiger partial charge in [-0.2, -0.15) is 0 Å². The minimum absolute atomic E-state index is 0. The van der Waals surface area contributed by atoms with E-state index in [1.165, 1.54) is 31.5 Å². The smallest absolute Gasteiger partial charge is 0.237 e. The molecule has 1 aromatic rings. The Bertz CT molecular complexity index is 511. The lowest BCUT2D eigenvalue weighted by Crippen LogP contribution is -2.48. The van der Waals surface area contributed by atoms with Crippen LogP contribution in [0.2, 0.25) is 0 Å². The predicted molar refractivity (Wildman–Crippen MR) is 105 cm³/mol. The monoisotopic (exact) mass is 375 g/mol. The summed E-state index contributed by atoms with van der Waals surface area (Å²) in [5, 5.41) is 2.95. The molecule has 138 valence electrons. The Hall–Kier alpha value is -0.810. The summed E-state index contributed by atoms with van der Waals surface area (Å²) in [5.41, 5.74) is 8.20. The normalized spacial score (nSPS) is 16.0. The van der Waals surface area contributed by atoms with Crippen LogP contribution < -0.4 is 11.1 Å². The molecule has 1 atom stereocenters. The summed E-state index contributed by atoms with van der Waals surface area (Å²) >= 11 is 0. The summed E-state index contributed by atoms with van der Waals surface area (Å²) in [4.78, 5) is 14.6. The second-order valence-corrected chi connectivity index (χ2v) is 7.36. The summed E-state index contributed by atoms with van der Waals surface area (Å²) in [6.07, 6.45) is 2.61. The van der Waals surface area contributed by atoms with E-state index >= 15 is 0 Å². The number of nitrogens with zero attached hydrogens (tertiary/aromatic N) is 1. The van der Waals surface area contributed by atoms with Crippen molar-refractivity contribution < 1.29 is 4.79 Å². The van der Waals surface area contributed by atoms with Gasteiger partial charge in [-0.15, -0.1) is 24.8 Å². The first-order valence-electron chi connectivity index (χ1n) is 8.20. The highest BCUT2D eigenvalue weighted by molar-refractivity contribution is 5.85. The molecule has 1 aromatic carbocycles. The number of carbonyl (C=O) groups is 1. The zero-order chi connectivity index (χ0) is 16.2. The molecule has 0 unspecified atom stereocenters. The van der Waals surface area contributed by atoms with E-state index < -0.39 is 6.04 Å². The van der Waals surface area contributed by atoms with Crippen LogP contribution in [0.3, 0.4) is 0 Å². The number of hydrogen-bond acceptors (Lipinski definition) is 3. The molecule has 0 bridgehead atoms. The van der Waals surface area contributed by atoms with Crippen molar-refractivity contribution in [2.75, 3.05) is 13.1 Å². The number of benzene rings is 1. The molecule has 6 heteroatoms. The highest BCUT2D eigenvalue weighted by Gasteiger charge is 2.27. The van der Waals surface area contributed by atoms with Gasteiger partial charge in [0, 0.05) is 13.1 Å². The molecule has 1 amide bonds. The SMILES string of the molecule is CC(C)(C)[C@H](N)C(=O)NCc1cccc(CN2CCCC2)c1.Cl.Cl. The molecule has 0 aromatic heterocycles. The molecule has 0 saturated carbocycles. The van der Waals surface area contributed by atoms with Gasteiger partial charge in [0.2, 0.25) is 5.91 Å². The molecule has 1 heterocycles. The fourth-order valence-corrected chi connectivity index (χ4v) is 2.73. The molecule has 0 spiro atoms. The number of likely N-dealkylation sites (tertiary alicyclic amines) is 1. The van der Waals surface area contributed by atoms with E-state index in [0.29, 0.717) is 6.54 Å². The van der Waals surface area contributed by atoms with Crippen molar-refractivity contribution in [3.8, 4) is 0 Å². The standard InChI is InChI=1S/C18H29N3O.2ClH/c1-18(2,3)16(19)17(22)20-12-14-7-6-8-15(11-14)13-21-9-4-5-10-21;;/h6-8,11,16H,4-5,9-10,12-13,19H2,1-3H3,(H,20,22);2*1H/t16-;;/m1../s1. The first-order chi connectivity index (χ1) is 10.4. The summed E-state index contributed by atoms with van der Waals surface area (Å²) in [7, 11) is 0. The van der Waals surface area contributed by atoms with Crippen molar-refractivity contribution in [1.29, 1.82) is 0 Å². The Morgan fingerprint density at radius 3 is 2.38 bits per heavy atom. The molecule has 0 radical (unpaired) electrons. The molecule has 1 aliphatic heterocycles. The first-order valence-corrected chi connectivity index (χ1v) is 8.20. The topological polar surface area (TPSA) is 58.4 Å². The van der Waals surface area contributed by atoms with E-state index in [1.54, 1.807) is 0 Å². The third kappa shape index (κ3) is 6.98. The van der Waals surface area contributed by atoms with Crippen LogP contribution in [-0.2, 0) is 17.9 Å². The number of nitrogens with one attached hydrogen (secondary N) is 1. The van der Waals surface area contributed by atoms with Gasteiger partial charge in [0.15, 0.2) is 0 Å². The van der Waals surface area contributed by atoms with Crippen LogP contribution in [-0.4, -0.2) is 29.9 Å². The van der Waals surface area contributed by atoms with E-state index in [0.717, 1.165) is 12.1 Å². The molecule has 3 N–H and O–H groups in total. The van der Waals surface area contributed by atoms with Gasteiger partial charge in [0.05, 0.1) is 6.04 Å². The van der Waals surface area contributed by atoms with Crippen LogP contribution in [0, 0.1) is 5.41 Å². The zero-order valence-electron chi connectivity index (χ0n) is 14.9. The maximum atomic E-state index is 12.1. The summed E-state index contributed by atoms with van der Waals surface area (Å²) in [5.74, 6) is -0.0857. The van der Waals surface area contributed by atoms with Gasteiger partial charge in [-0.1, -0.05) is 45.0 Å². The summed E-state index contributed by atoms with van der Waals surface area (Å²) < 4.78 is 0. The van der Waals surface area contributed by atoms with E-state index in [9.17, 15) is 4.79 Å². The average Bonchev–Trinajstić information content (AvgIpc) is 2.96. The van der Waals surface area contributed by atoms with Gasteiger partial charge in [0.25, 0.3) is 0 Å². The first kappa shape index (κ1) is 23.2. The number of halogens is 2. The van der Waals surface area contributed by atoms with E-state index in [-0.39, 0.29) is 36.1 Å². The molecule has 4 nitrogen and oxygen atoms in total. The third-order valence-corrected chi connectivity index (χ3v) is 4.28. The second-order valence-electron chi connectivity index (χ2n) is 7.36. The Morgan fingerprint density at radius 1 is 1.21 bits per heavy atom. The minimum atomic E-state index is -0.486. The van der Waals surface area contributed by atoms with Crippen LogP contribution in [0.25, 0.3) is 0 Å². The minimum Gasteiger partial charge on any atom is -0.351 e. The lowest BCUT2D eigenvalue weighted by atomic mass is 9.87. The van der Waals surface area contributed by atoms with Gasteiger partial charge < -0.3 is 11.1 Å².